The van der Waals surface area contributed by atoms with Gasteiger partial charge in [-0.05, 0) is 12.1 Å². The first kappa shape index (κ1) is 14.2. The third-order valence-corrected chi connectivity index (χ3v) is 1.93. The third kappa shape index (κ3) is 6.31. The predicted molar refractivity (Wildman–Crippen MR) is 57.2 cm³/mol. The molecule has 0 spiro atoms. The molecule has 2 N–H and O–H groups in total. The molecule has 0 amide bonds. The van der Waals surface area contributed by atoms with Gasteiger partial charge in [0.1, 0.15) is 5.75 Å². The van der Waals surface area contributed by atoms with Gasteiger partial charge in [-0.3, -0.25) is 4.79 Å². The van der Waals surface area contributed by atoms with E-state index < -0.39 is 21.7 Å². The number of esters is 1. The quantitative estimate of drug-likeness (QED) is 0.414. The molecule has 0 atom stereocenters. The van der Waals surface area contributed by atoms with E-state index in [1.807, 2.05) is 0 Å². The molecule has 1 rings (SSSR count). The molecule has 5 nitrogen and oxygen atoms in total. The number of rotatable bonds is 3. The summed E-state index contributed by atoms with van der Waals surface area (Å²) in [5.41, 5.74) is 0. The summed E-state index contributed by atoms with van der Waals surface area (Å²) in [5, 5.41) is 4.66. The first-order valence-electron chi connectivity index (χ1n) is 3.73. The molecule has 78 valence electrons. The summed E-state index contributed by atoms with van der Waals surface area (Å²) in [6.45, 7) is 0. The van der Waals surface area contributed by atoms with Crippen molar-refractivity contribution in [1.29, 1.82) is 0 Å². The van der Waals surface area contributed by atoms with Crippen LogP contribution in [-0.2, 0) is 14.8 Å². The number of ether oxygens (including phenoxy) is 1. The average molecular weight is 223 g/mol. The van der Waals surface area contributed by atoms with Crippen LogP contribution in [0.25, 0.3) is 0 Å². The number of para-hydroxylation sites is 1. The van der Waals surface area contributed by atoms with Gasteiger partial charge in [0.25, 0.3) is 0 Å². The molecule has 0 aliphatic rings. The van der Waals surface area contributed by atoms with Gasteiger partial charge < -0.3 is 4.74 Å². The first-order chi connectivity index (χ1) is 6.47. The molecule has 0 saturated carbocycles. The zero-order chi connectivity index (χ0) is 10.6. The molecule has 0 aromatic heterocycles. The molecular formula is C8H10LiNO4S. The predicted octanol–water partition coefficient (Wildman–Crippen LogP) is -0.768. The summed E-state index contributed by atoms with van der Waals surface area (Å²) in [7, 11) is -3.82. The van der Waals surface area contributed by atoms with E-state index in [0.717, 1.165) is 0 Å². The Hall–Kier alpha value is -0.803. The Morgan fingerprint density at radius 3 is 2.27 bits per heavy atom. The summed E-state index contributed by atoms with van der Waals surface area (Å²) in [6, 6.07) is 8.16. The molecule has 0 heterocycles. The van der Waals surface area contributed by atoms with Crippen molar-refractivity contribution in [2.75, 3.05) is 5.75 Å². The Bertz CT molecular complexity index is 418. The molecule has 0 saturated heterocycles. The Balaban J connectivity index is 0.00000196. The van der Waals surface area contributed by atoms with Crippen LogP contribution in [0.3, 0.4) is 0 Å². The van der Waals surface area contributed by atoms with Crippen molar-refractivity contribution < 1.29 is 17.9 Å². The Labute approximate surface area is 99.8 Å². The van der Waals surface area contributed by atoms with Crippen LogP contribution in [0.2, 0.25) is 0 Å². The number of primary sulfonamides is 1. The van der Waals surface area contributed by atoms with Gasteiger partial charge in [0.15, 0.2) is 5.75 Å². The number of sulfonamides is 1. The number of hydrogen-bond donors (Lipinski definition) is 1. The van der Waals surface area contributed by atoms with Crippen LogP contribution >= 0.6 is 0 Å². The van der Waals surface area contributed by atoms with Gasteiger partial charge in [0.05, 0.1) is 0 Å². The SMILES string of the molecule is NS(=O)(=O)CC(=O)Oc1ccccc1.[LiH]. The van der Waals surface area contributed by atoms with Crippen LogP contribution in [0, 0.1) is 0 Å². The number of nitrogens with two attached hydrogens (primary N) is 1. The van der Waals surface area contributed by atoms with E-state index in [1.165, 1.54) is 0 Å². The standard InChI is InChI=1S/C8H9NO4S.Li.H/c9-14(11,12)6-8(10)13-7-4-2-1-3-5-7;;/h1-5H,6H2,(H2,9,11,12);;. The van der Waals surface area contributed by atoms with E-state index in [-0.39, 0.29) is 18.9 Å². The fourth-order valence-electron chi connectivity index (χ4n) is 0.814. The van der Waals surface area contributed by atoms with E-state index in [1.54, 1.807) is 30.3 Å². The van der Waals surface area contributed by atoms with Crippen LogP contribution in [-0.4, -0.2) is 39.0 Å². The fourth-order valence-corrected chi connectivity index (χ4v) is 1.20. The van der Waals surface area contributed by atoms with Crippen molar-refractivity contribution in [3.63, 3.8) is 0 Å². The van der Waals surface area contributed by atoms with Gasteiger partial charge in [-0.25, -0.2) is 13.6 Å². The van der Waals surface area contributed by atoms with Crippen molar-refractivity contribution >= 4 is 34.9 Å². The molecule has 0 unspecified atom stereocenters. The van der Waals surface area contributed by atoms with E-state index in [4.69, 9.17) is 4.74 Å². The van der Waals surface area contributed by atoms with Crippen LogP contribution < -0.4 is 9.88 Å². The second kappa shape index (κ2) is 5.93. The first-order valence-corrected chi connectivity index (χ1v) is 5.45. The third-order valence-electron chi connectivity index (χ3n) is 1.29. The molecule has 0 bridgehead atoms. The Morgan fingerprint density at radius 2 is 1.80 bits per heavy atom. The monoisotopic (exact) mass is 223 g/mol. The molecule has 0 aliphatic carbocycles. The van der Waals surface area contributed by atoms with Gasteiger partial charge in [0.2, 0.25) is 10.0 Å². The average Bonchev–Trinajstić information content (AvgIpc) is 2.02. The summed E-state index contributed by atoms with van der Waals surface area (Å²) < 4.78 is 25.7. The van der Waals surface area contributed by atoms with E-state index >= 15 is 0 Å². The minimum absolute atomic E-state index is 0. The van der Waals surface area contributed by atoms with Crippen LogP contribution in [0.5, 0.6) is 5.75 Å². The zero-order valence-corrected chi connectivity index (χ0v) is 8.03. The normalized spacial score (nSPS) is 10.2. The van der Waals surface area contributed by atoms with Crippen LogP contribution in [0.1, 0.15) is 0 Å². The number of carbonyl (C=O) groups is 1. The van der Waals surface area contributed by atoms with Crippen molar-refractivity contribution in [2.24, 2.45) is 5.14 Å². The van der Waals surface area contributed by atoms with E-state index in [9.17, 15) is 13.2 Å². The second-order valence-electron chi connectivity index (χ2n) is 2.59. The molecule has 15 heavy (non-hydrogen) atoms. The summed E-state index contributed by atoms with van der Waals surface area (Å²) in [4.78, 5) is 10.9. The van der Waals surface area contributed by atoms with Crippen molar-refractivity contribution in [2.45, 2.75) is 0 Å². The molecule has 0 radical (unpaired) electrons. The number of carbonyl (C=O) groups excluding carboxylic acids is 1. The van der Waals surface area contributed by atoms with Crippen molar-refractivity contribution in [3.05, 3.63) is 30.3 Å². The summed E-state index contributed by atoms with van der Waals surface area (Å²) in [6.07, 6.45) is 0. The van der Waals surface area contributed by atoms with Gasteiger partial charge >= 0.3 is 24.8 Å². The molecule has 1 aromatic rings. The maximum absolute atomic E-state index is 10.9. The van der Waals surface area contributed by atoms with Gasteiger partial charge in [0, 0.05) is 0 Å². The Kier molecular flexibility index (Phi) is 5.61. The number of hydrogen-bond acceptors (Lipinski definition) is 4. The molecule has 1 aromatic carbocycles. The van der Waals surface area contributed by atoms with Crippen molar-refractivity contribution in [1.82, 2.24) is 0 Å². The van der Waals surface area contributed by atoms with E-state index in [0.29, 0.717) is 5.75 Å². The summed E-state index contributed by atoms with van der Waals surface area (Å²) >= 11 is 0. The molecule has 0 fully saturated rings. The van der Waals surface area contributed by atoms with Crippen LogP contribution in [0.15, 0.2) is 30.3 Å². The fraction of sp³-hybridized carbons (Fsp3) is 0.125. The topological polar surface area (TPSA) is 86.5 Å². The van der Waals surface area contributed by atoms with Gasteiger partial charge in [-0.1, -0.05) is 18.2 Å². The Morgan fingerprint density at radius 1 is 1.27 bits per heavy atom. The maximum atomic E-state index is 10.9. The molecule has 7 heteroatoms. The second-order valence-corrected chi connectivity index (χ2v) is 4.21. The van der Waals surface area contributed by atoms with Crippen molar-refractivity contribution in [3.8, 4) is 5.75 Å². The van der Waals surface area contributed by atoms with Gasteiger partial charge in [-0.15, -0.1) is 0 Å². The molecular weight excluding hydrogens is 213 g/mol. The number of benzene rings is 1. The van der Waals surface area contributed by atoms with Crippen LogP contribution in [0.4, 0.5) is 0 Å². The van der Waals surface area contributed by atoms with E-state index in [2.05, 4.69) is 5.14 Å². The van der Waals surface area contributed by atoms with Gasteiger partial charge in [-0.2, -0.15) is 0 Å². The zero-order valence-electron chi connectivity index (χ0n) is 7.21. The minimum atomic E-state index is -3.82. The molecule has 0 aliphatic heterocycles. The summed E-state index contributed by atoms with van der Waals surface area (Å²) in [5.74, 6) is -1.41.